The number of nitrogens with two attached hydrogens (primary N) is 1. The lowest BCUT2D eigenvalue weighted by atomic mass is 10.1. The fourth-order valence-corrected chi connectivity index (χ4v) is 1.62. The van der Waals surface area contributed by atoms with E-state index < -0.39 is 0 Å². The predicted octanol–water partition coefficient (Wildman–Crippen LogP) is 2.45. The zero-order chi connectivity index (χ0) is 12.0. The Kier molecular flexibility index (Phi) is 4.83. The zero-order valence-corrected chi connectivity index (χ0v) is 9.99. The SMILES string of the molecule is CCCCC(Nc1ccccc1C)C(N)=O. The molecule has 0 aliphatic carbocycles. The van der Waals surface area contributed by atoms with Crippen LogP contribution in [0.25, 0.3) is 0 Å². The number of carbonyl (C=O) groups is 1. The summed E-state index contributed by atoms with van der Waals surface area (Å²) >= 11 is 0. The van der Waals surface area contributed by atoms with Gasteiger partial charge >= 0.3 is 0 Å². The van der Waals surface area contributed by atoms with Crippen molar-refractivity contribution in [1.82, 2.24) is 0 Å². The molecule has 1 rings (SSSR count). The Bertz CT molecular complexity index is 350. The van der Waals surface area contributed by atoms with E-state index in [0.29, 0.717) is 0 Å². The van der Waals surface area contributed by atoms with Crippen LogP contribution in [0.3, 0.4) is 0 Å². The summed E-state index contributed by atoms with van der Waals surface area (Å²) < 4.78 is 0. The molecule has 1 amide bonds. The summed E-state index contributed by atoms with van der Waals surface area (Å²) in [5, 5.41) is 3.21. The topological polar surface area (TPSA) is 55.1 Å². The third kappa shape index (κ3) is 3.57. The molecule has 16 heavy (non-hydrogen) atoms. The Morgan fingerprint density at radius 3 is 2.69 bits per heavy atom. The van der Waals surface area contributed by atoms with Crippen molar-refractivity contribution >= 4 is 11.6 Å². The van der Waals surface area contributed by atoms with E-state index in [1.165, 1.54) is 0 Å². The number of carbonyl (C=O) groups excluding carboxylic acids is 1. The van der Waals surface area contributed by atoms with Gasteiger partial charge in [-0.2, -0.15) is 0 Å². The summed E-state index contributed by atoms with van der Waals surface area (Å²) in [6, 6.07) is 7.65. The first-order valence-electron chi connectivity index (χ1n) is 5.76. The highest BCUT2D eigenvalue weighted by molar-refractivity contribution is 5.83. The van der Waals surface area contributed by atoms with E-state index in [0.717, 1.165) is 30.5 Å². The largest absolute Gasteiger partial charge is 0.373 e. The highest BCUT2D eigenvalue weighted by Crippen LogP contribution is 2.16. The van der Waals surface area contributed by atoms with Crippen molar-refractivity contribution in [2.24, 2.45) is 5.73 Å². The molecule has 0 bridgehead atoms. The monoisotopic (exact) mass is 220 g/mol. The minimum absolute atomic E-state index is 0.263. The maximum absolute atomic E-state index is 11.3. The molecule has 0 saturated heterocycles. The van der Waals surface area contributed by atoms with Crippen molar-refractivity contribution in [2.45, 2.75) is 39.2 Å². The van der Waals surface area contributed by atoms with Crippen LogP contribution in [0.1, 0.15) is 31.7 Å². The van der Waals surface area contributed by atoms with Crippen molar-refractivity contribution in [1.29, 1.82) is 0 Å². The summed E-state index contributed by atoms with van der Waals surface area (Å²) in [6.45, 7) is 4.12. The minimum atomic E-state index is -0.281. The molecular weight excluding hydrogens is 200 g/mol. The van der Waals surface area contributed by atoms with E-state index in [2.05, 4.69) is 12.2 Å². The van der Waals surface area contributed by atoms with E-state index in [1.807, 2.05) is 31.2 Å². The maximum atomic E-state index is 11.3. The smallest absolute Gasteiger partial charge is 0.239 e. The van der Waals surface area contributed by atoms with Crippen LogP contribution < -0.4 is 11.1 Å². The first-order valence-corrected chi connectivity index (χ1v) is 5.76. The molecule has 3 heteroatoms. The van der Waals surface area contributed by atoms with Gasteiger partial charge in [-0.3, -0.25) is 4.79 Å². The Morgan fingerprint density at radius 2 is 2.12 bits per heavy atom. The van der Waals surface area contributed by atoms with Gasteiger partial charge in [0.05, 0.1) is 0 Å². The first kappa shape index (κ1) is 12.6. The molecule has 0 aromatic heterocycles. The van der Waals surface area contributed by atoms with Crippen molar-refractivity contribution < 1.29 is 4.79 Å². The second-order valence-electron chi connectivity index (χ2n) is 4.06. The Balaban J connectivity index is 2.68. The number of anilines is 1. The third-order valence-electron chi connectivity index (χ3n) is 2.66. The number of amides is 1. The molecule has 0 fully saturated rings. The van der Waals surface area contributed by atoms with Crippen LogP contribution in [-0.4, -0.2) is 11.9 Å². The summed E-state index contributed by atoms with van der Waals surface area (Å²) in [4.78, 5) is 11.3. The standard InChI is InChI=1S/C13H20N2O/c1-3-4-8-12(13(14)16)15-11-9-6-5-7-10(11)2/h5-7,9,12,15H,3-4,8H2,1-2H3,(H2,14,16). The van der Waals surface area contributed by atoms with E-state index >= 15 is 0 Å². The van der Waals surface area contributed by atoms with Gasteiger partial charge in [-0.05, 0) is 25.0 Å². The van der Waals surface area contributed by atoms with Crippen LogP contribution in [0.4, 0.5) is 5.69 Å². The molecule has 0 saturated carbocycles. The molecule has 1 unspecified atom stereocenters. The van der Waals surface area contributed by atoms with E-state index in [1.54, 1.807) is 0 Å². The van der Waals surface area contributed by atoms with Gasteiger partial charge in [-0.15, -0.1) is 0 Å². The second kappa shape index (κ2) is 6.16. The van der Waals surface area contributed by atoms with Crippen LogP contribution in [0.15, 0.2) is 24.3 Å². The van der Waals surface area contributed by atoms with Crippen LogP contribution >= 0.6 is 0 Å². The van der Waals surface area contributed by atoms with Gasteiger partial charge in [-0.1, -0.05) is 38.0 Å². The van der Waals surface area contributed by atoms with Gasteiger partial charge in [0, 0.05) is 5.69 Å². The van der Waals surface area contributed by atoms with Gasteiger partial charge in [0.25, 0.3) is 0 Å². The quantitative estimate of drug-likeness (QED) is 0.773. The Morgan fingerprint density at radius 1 is 1.44 bits per heavy atom. The number of aryl methyl sites for hydroxylation is 1. The number of unbranched alkanes of at least 4 members (excludes halogenated alkanes) is 1. The van der Waals surface area contributed by atoms with Gasteiger partial charge in [0.2, 0.25) is 5.91 Å². The number of para-hydroxylation sites is 1. The molecule has 3 nitrogen and oxygen atoms in total. The molecule has 1 atom stereocenters. The lowest BCUT2D eigenvalue weighted by molar-refractivity contribution is -0.118. The van der Waals surface area contributed by atoms with Gasteiger partial charge in [0.1, 0.15) is 6.04 Å². The fraction of sp³-hybridized carbons (Fsp3) is 0.462. The molecule has 1 aromatic carbocycles. The lowest BCUT2D eigenvalue weighted by Gasteiger charge is -2.17. The summed E-state index contributed by atoms with van der Waals surface area (Å²) in [6.07, 6.45) is 2.87. The van der Waals surface area contributed by atoms with Crippen molar-refractivity contribution in [3.05, 3.63) is 29.8 Å². The van der Waals surface area contributed by atoms with Gasteiger partial charge < -0.3 is 11.1 Å². The summed E-state index contributed by atoms with van der Waals surface area (Å²) in [5.74, 6) is -0.281. The van der Waals surface area contributed by atoms with Crippen LogP contribution in [0.2, 0.25) is 0 Å². The first-order chi connectivity index (χ1) is 7.65. The van der Waals surface area contributed by atoms with E-state index in [9.17, 15) is 4.79 Å². The lowest BCUT2D eigenvalue weighted by Crippen LogP contribution is -2.35. The van der Waals surface area contributed by atoms with Crippen LogP contribution in [0, 0.1) is 6.92 Å². The number of hydrogen-bond acceptors (Lipinski definition) is 2. The summed E-state index contributed by atoms with van der Waals surface area (Å²) in [5.41, 5.74) is 7.49. The van der Waals surface area contributed by atoms with Gasteiger partial charge in [0.15, 0.2) is 0 Å². The molecule has 88 valence electrons. The van der Waals surface area contributed by atoms with Crippen LogP contribution in [-0.2, 0) is 4.79 Å². The Labute approximate surface area is 97.0 Å². The Hall–Kier alpha value is -1.51. The maximum Gasteiger partial charge on any atom is 0.239 e. The molecule has 1 aromatic rings. The molecule has 0 radical (unpaired) electrons. The minimum Gasteiger partial charge on any atom is -0.373 e. The molecular formula is C13H20N2O. The highest BCUT2D eigenvalue weighted by atomic mass is 16.1. The number of benzene rings is 1. The average molecular weight is 220 g/mol. The van der Waals surface area contributed by atoms with Crippen molar-refractivity contribution in [2.75, 3.05) is 5.32 Å². The summed E-state index contributed by atoms with van der Waals surface area (Å²) in [7, 11) is 0. The molecule has 0 aliphatic rings. The number of rotatable bonds is 6. The van der Waals surface area contributed by atoms with Gasteiger partial charge in [-0.25, -0.2) is 0 Å². The molecule has 0 spiro atoms. The normalized spacial score (nSPS) is 12.1. The van der Waals surface area contributed by atoms with E-state index in [-0.39, 0.29) is 11.9 Å². The average Bonchev–Trinajstić information content (AvgIpc) is 2.26. The molecule has 3 N–H and O–H groups in total. The highest BCUT2D eigenvalue weighted by Gasteiger charge is 2.14. The number of hydrogen-bond donors (Lipinski definition) is 2. The second-order valence-corrected chi connectivity index (χ2v) is 4.06. The van der Waals surface area contributed by atoms with Crippen LogP contribution in [0.5, 0.6) is 0 Å². The molecule has 0 heterocycles. The number of nitrogens with one attached hydrogen (secondary N) is 1. The third-order valence-corrected chi connectivity index (χ3v) is 2.66. The predicted molar refractivity (Wildman–Crippen MR) is 67.3 cm³/mol. The van der Waals surface area contributed by atoms with Crippen molar-refractivity contribution in [3.63, 3.8) is 0 Å². The van der Waals surface area contributed by atoms with E-state index in [4.69, 9.17) is 5.73 Å². The fourth-order valence-electron chi connectivity index (χ4n) is 1.62. The number of primary amides is 1. The van der Waals surface area contributed by atoms with Crippen molar-refractivity contribution in [3.8, 4) is 0 Å². The zero-order valence-electron chi connectivity index (χ0n) is 9.99. The molecule has 0 aliphatic heterocycles.